The van der Waals surface area contributed by atoms with E-state index in [0.29, 0.717) is 0 Å². The van der Waals surface area contributed by atoms with Gasteiger partial charge in [0.15, 0.2) is 0 Å². The minimum atomic E-state index is 0.189. The molecule has 0 aliphatic rings. The molecular weight excluding hydrogens is 480 g/mol. The molecule has 0 spiro atoms. The van der Waals surface area contributed by atoms with E-state index in [2.05, 4.69) is 152 Å². The average molecular weight is 523 g/mol. The fourth-order valence-corrected chi connectivity index (χ4v) is 5.81. The SMILES string of the molecule is Cc1ccc(C(c2ccc(C(c3ccc(C)c(C)c3)c3ccc(C)c(C)c3)cc2)c2ccc(C)c(C)c2)cc1C. The average Bonchev–Trinajstić information content (AvgIpc) is 2.93. The molecule has 0 atom stereocenters. The van der Waals surface area contributed by atoms with E-state index in [1.54, 1.807) is 0 Å². The summed E-state index contributed by atoms with van der Waals surface area (Å²) < 4.78 is 0. The van der Waals surface area contributed by atoms with E-state index in [1.807, 2.05) is 0 Å². The molecule has 0 nitrogen and oxygen atoms in total. The molecule has 0 aliphatic carbocycles. The van der Waals surface area contributed by atoms with Crippen LogP contribution in [0.2, 0.25) is 0 Å². The summed E-state index contributed by atoms with van der Waals surface area (Å²) in [6, 6.07) is 37.2. The second kappa shape index (κ2) is 11.3. The van der Waals surface area contributed by atoms with Crippen LogP contribution in [0, 0.1) is 55.4 Å². The highest BCUT2D eigenvalue weighted by Gasteiger charge is 2.21. The predicted molar refractivity (Wildman–Crippen MR) is 172 cm³/mol. The van der Waals surface area contributed by atoms with Crippen molar-refractivity contribution in [3.05, 3.63) is 175 Å². The monoisotopic (exact) mass is 522 g/mol. The smallest absolute Gasteiger partial charge is 0.0340 e. The summed E-state index contributed by atoms with van der Waals surface area (Å²) in [5.41, 5.74) is 18.7. The van der Waals surface area contributed by atoms with Crippen molar-refractivity contribution in [1.82, 2.24) is 0 Å². The van der Waals surface area contributed by atoms with Crippen molar-refractivity contribution in [2.75, 3.05) is 0 Å². The van der Waals surface area contributed by atoms with Crippen LogP contribution in [0.5, 0.6) is 0 Å². The molecule has 0 aromatic heterocycles. The molecule has 40 heavy (non-hydrogen) atoms. The van der Waals surface area contributed by atoms with Crippen LogP contribution in [-0.4, -0.2) is 0 Å². The molecule has 0 saturated carbocycles. The van der Waals surface area contributed by atoms with Crippen molar-refractivity contribution in [1.29, 1.82) is 0 Å². The summed E-state index contributed by atoms with van der Waals surface area (Å²) in [6.45, 7) is 17.6. The Hall–Kier alpha value is -3.90. The first kappa shape index (κ1) is 27.7. The zero-order chi connectivity index (χ0) is 28.6. The Morgan fingerprint density at radius 1 is 0.250 bits per heavy atom. The summed E-state index contributed by atoms with van der Waals surface area (Å²) in [5, 5.41) is 0. The Bertz CT molecular complexity index is 1440. The number of benzene rings is 5. The van der Waals surface area contributed by atoms with Crippen LogP contribution in [0.15, 0.2) is 97.1 Å². The van der Waals surface area contributed by atoms with E-state index in [4.69, 9.17) is 0 Å². The van der Waals surface area contributed by atoms with E-state index in [9.17, 15) is 0 Å². The van der Waals surface area contributed by atoms with E-state index >= 15 is 0 Å². The van der Waals surface area contributed by atoms with E-state index < -0.39 is 0 Å². The Labute approximate surface area is 241 Å². The molecule has 5 rings (SSSR count). The first-order chi connectivity index (χ1) is 19.1. The summed E-state index contributed by atoms with van der Waals surface area (Å²) >= 11 is 0. The quantitative estimate of drug-likeness (QED) is 0.195. The van der Waals surface area contributed by atoms with Gasteiger partial charge in [0.25, 0.3) is 0 Å². The maximum atomic E-state index is 2.37. The van der Waals surface area contributed by atoms with Crippen LogP contribution in [-0.2, 0) is 0 Å². The highest BCUT2D eigenvalue weighted by Crippen LogP contribution is 2.38. The summed E-state index contributed by atoms with van der Waals surface area (Å²) in [4.78, 5) is 0. The first-order valence-corrected chi connectivity index (χ1v) is 14.5. The molecule has 0 fully saturated rings. The third-order valence-corrected chi connectivity index (χ3v) is 9.06. The lowest BCUT2D eigenvalue weighted by atomic mass is 9.80. The zero-order valence-corrected chi connectivity index (χ0v) is 25.4. The maximum Gasteiger partial charge on any atom is 0.0340 e. The Balaban J connectivity index is 1.63. The minimum Gasteiger partial charge on any atom is -0.0588 e. The van der Waals surface area contributed by atoms with Gasteiger partial charge in [0.05, 0.1) is 0 Å². The number of rotatable bonds is 6. The van der Waals surface area contributed by atoms with Crippen LogP contribution >= 0.6 is 0 Å². The molecule has 0 heterocycles. The Kier molecular flexibility index (Phi) is 7.81. The van der Waals surface area contributed by atoms with Gasteiger partial charge in [0.2, 0.25) is 0 Å². The van der Waals surface area contributed by atoms with Gasteiger partial charge in [0.1, 0.15) is 0 Å². The van der Waals surface area contributed by atoms with Crippen LogP contribution in [0.4, 0.5) is 0 Å². The highest BCUT2D eigenvalue weighted by molar-refractivity contribution is 5.51. The highest BCUT2D eigenvalue weighted by atomic mass is 14.2. The van der Waals surface area contributed by atoms with Crippen molar-refractivity contribution < 1.29 is 0 Å². The maximum absolute atomic E-state index is 2.37. The normalized spacial score (nSPS) is 11.4. The van der Waals surface area contributed by atoms with E-state index in [-0.39, 0.29) is 11.8 Å². The summed E-state index contributed by atoms with van der Waals surface area (Å²) in [5.74, 6) is 0.378. The largest absolute Gasteiger partial charge is 0.0588 e. The fraction of sp³-hybridized carbons (Fsp3) is 0.250. The van der Waals surface area contributed by atoms with Crippen LogP contribution in [0.1, 0.15) is 89.7 Å². The van der Waals surface area contributed by atoms with Crippen molar-refractivity contribution in [2.24, 2.45) is 0 Å². The molecule has 0 unspecified atom stereocenters. The lowest BCUT2D eigenvalue weighted by Crippen LogP contribution is -2.08. The lowest BCUT2D eigenvalue weighted by Gasteiger charge is -2.24. The Morgan fingerprint density at radius 3 is 0.650 bits per heavy atom. The molecule has 5 aromatic rings. The van der Waals surface area contributed by atoms with E-state index in [0.717, 1.165) is 0 Å². The summed E-state index contributed by atoms with van der Waals surface area (Å²) in [7, 11) is 0. The first-order valence-electron chi connectivity index (χ1n) is 14.5. The van der Waals surface area contributed by atoms with Crippen LogP contribution in [0.25, 0.3) is 0 Å². The second-order valence-corrected chi connectivity index (χ2v) is 11.9. The van der Waals surface area contributed by atoms with Gasteiger partial charge in [0, 0.05) is 11.8 Å². The van der Waals surface area contributed by atoms with Gasteiger partial charge in [-0.25, -0.2) is 0 Å². The van der Waals surface area contributed by atoms with Crippen LogP contribution < -0.4 is 0 Å². The van der Waals surface area contributed by atoms with Gasteiger partial charge in [-0.2, -0.15) is 0 Å². The van der Waals surface area contributed by atoms with Gasteiger partial charge >= 0.3 is 0 Å². The lowest BCUT2D eigenvalue weighted by molar-refractivity contribution is 0.942. The van der Waals surface area contributed by atoms with Gasteiger partial charge < -0.3 is 0 Å². The molecule has 202 valence electrons. The third-order valence-electron chi connectivity index (χ3n) is 9.06. The molecule has 0 heteroatoms. The van der Waals surface area contributed by atoms with Crippen molar-refractivity contribution in [2.45, 2.75) is 67.2 Å². The molecule has 0 aliphatic heterocycles. The van der Waals surface area contributed by atoms with E-state index in [1.165, 1.54) is 77.9 Å². The molecule has 5 aromatic carbocycles. The molecule has 0 bridgehead atoms. The van der Waals surface area contributed by atoms with Crippen LogP contribution in [0.3, 0.4) is 0 Å². The molecule has 0 N–H and O–H groups in total. The topological polar surface area (TPSA) is 0 Å². The predicted octanol–water partition coefficient (Wildman–Crippen LogP) is 10.5. The number of hydrogen-bond donors (Lipinski definition) is 0. The number of hydrogen-bond acceptors (Lipinski definition) is 0. The van der Waals surface area contributed by atoms with Gasteiger partial charge in [-0.1, -0.05) is 97.1 Å². The Morgan fingerprint density at radius 2 is 0.450 bits per heavy atom. The minimum absolute atomic E-state index is 0.189. The zero-order valence-electron chi connectivity index (χ0n) is 25.4. The van der Waals surface area contributed by atoms with Gasteiger partial charge in [-0.3, -0.25) is 0 Å². The molecule has 0 amide bonds. The standard InChI is InChI=1S/C40H42/c1-25-9-13-35(21-29(25)5)39(36-14-10-26(2)30(6)22-36)33-17-19-34(20-18-33)40(37-15-11-27(3)31(7)23-37)38-16-12-28(4)32(8)24-38/h9-24,39-40H,1-8H3. The van der Waals surface area contributed by atoms with Gasteiger partial charge in [-0.05, 0) is 133 Å². The number of aryl methyl sites for hydroxylation is 8. The van der Waals surface area contributed by atoms with Crippen molar-refractivity contribution >= 4 is 0 Å². The van der Waals surface area contributed by atoms with Crippen molar-refractivity contribution in [3.8, 4) is 0 Å². The molecule has 0 radical (unpaired) electrons. The molecule has 0 saturated heterocycles. The second-order valence-electron chi connectivity index (χ2n) is 11.9. The molecular formula is C40H42. The third kappa shape index (κ3) is 5.54. The van der Waals surface area contributed by atoms with Crippen molar-refractivity contribution in [3.63, 3.8) is 0 Å². The van der Waals surface area contributed by atoms with Gasteiger partial charge in [-0.15, -0.1) is 0 Å². The summed E-state index contributed by atoms with van der Waals surface area (Å²) in [6.07, 6.45) is 0. The fourth-order valence-electron chi connectivity index (χ4n) is 5.81.